The second kappa shape index (κ2) is 8.98. The summed E-state index contributed by atoms with van der Waals surface area (Å²) >= 11 is -0.774. The fraction of sp³-hybridized carbons (Fsp3) is 0.238. The van der Waals surface area contributed by atoms with Gasteiger partial charge in [0.15, 0.2) is 11.6 Å². The monoisotopic (exact) mass is 482 g/mol. The van der Waals surface area contributed by atoms with E-state index in [0.29, 0.717) is 30.3 Å². The van der Waals surface area contributed by atoms with Crippen LogP contribution in [0.1, 0.15) is 0 Å². The molecule has 4 heterocycles. The van der Waals surface area contributed by atoms with Crippen molar-refractivity contribution >= 4 is 50.3 Å². The summed E-state index contributed by atoms with van der Waals surface area (Å²) in [5, 5.41) is 0. The average Bonchev–Trinajstić information content (AvgIpc) is 3.28. The minimum Gasteiger partial charge on any atom is -0.755 e. The third-order valence-electron chi connectivity index (χ3n) is 5.31. The van der Waals surface area contributed by atoms with Crippen molar-refractivity contribution in [1.82, 2.24) is 19.9 Å². The summed E-state index contributed by atoms with van der Waals surface area (Å²) < 4.78 is 30.4. The number of ether oxygens (including phenoxy) is 1. The predicted molar refractivity (Wildman–Crippen MR) is 129 cm³/mol. The molecule has 10 nitrogen and oxygen atoms in total. The van der Waals surface area contributed by atoms with Crippen molar-refractivity contribution in [2.75, 3.05) is 48.3 Å². The molecule has 0 amide bonds. The van der Waals surface area contributed by atoms with Gasteiger partial charge in [-0.05, 0) is 23.8 Å². The smallest absolute Gasteiger partial charge is 0.219 e. The lowest BCUT2D eigenvalue weighted by atomic mass is 10.1. The molecule has 4 aromatic rings. The van der Waals surface area contributed by atoms with Crippen LogP contribution in [-0.2, 0) is 16.0 Å². The molecular weight excluding hydrogens is 462 g/mol. The van der Waals surface area contributed by atoms with Crippen LogP contribution in [0.2, 0.25) is 0 Å². The molecular formula is C21H20N7O3S2-. The molecule has 0 spiro atoms. The Hall–Kier alpha value is -3.19. The highest BCUT2D eigenvalue weighted by atomic mass is 32.2. The van der Waals surface area contributed by atoms with Crippen LogP contribution < -0.4 is 14.9 Å². The minimum atomic E-state index is -2.35. The van der Waals surface area contributed by atoms with Crippen LogP contribution in [0.15, 0.2) is 42.7 Å². The number of thiophene rings is 1. The van der Waals surface area contributed by atoms with Gasteiger partial charge in [0.2, 0.25) is 5.95 Å². The van der Waals surface area contributed by atoms with Crippen molar-refractivity contribution in [3.8, 4) is 21.8 Å². The third kappa shape index (κ3) is 4.37. The molecule has 3 aromatic heterocycles. The highest BCUT2D eigenvalue weighted by Gasteiger charge is 2.21. The summed E-state index contributed by atoms with van der Waals surface area (Å²) in [6, 6.07) is 9.39. The number of aromatic nitrogens is 4. The first kappa shape index (κ1) is 21.6. The van der Waals surface area contributed by atoms with Gasteiger partial charge in [-0.25, -0.2) is 19.9 Å². The highest BCUT2D eigenvalue weighted by molar-refractivity contribution is 7.80. The van der Waals surface area contributed by atoms with E-state index in [4.69, 9.17) is 20.4 Å². The van der Waals surface area contributed by atoms with E-state index in [0.717, 1.165) is 39.6 Å². The maximum Gasteiger partial charge on any atom is 0.219 e. The number of morpholine rings is 1. The Labute approximate surface area is 196 Å². The lowest BCUT2D eigenvalue weighted by molar-refractivity contribution is 0.122. The Bertz CT molecular complexity index is 1320. The van der Waals surface area contributed by atoms with Crippen LogP contribution >= 0.6 is 11.3 Å². The topological polar surface area (TPSA) is 133 Å². The Morgan fingerprint density at radius 2 is 1.91 bits per heavy atom. The molecule has 0 radical (unpaired) electrons. The zero-order valence-corrected chi connectivity index (χ0v) is 19.3. The fourth-order valence-electron chi connectivity index (χ4n) is 3.57. The van der Waals surface area contributed by atoms with Crippen LogP contribution in [0, 0.1) is 0 Å². The van der Waals surface area contributed by atoms with Gasteiger partial charge in [0.25, 0.3) is 0 Å². The molecule has 1 fully saturated rings. The molecule has 0 saturated carbocycles. The molecule has 1 aliphatic rings. The molecule has 1 saturated heterocycles. The number of anilines is 3. The zero-order chi connectivity index (χ0) is 22.9. The maximum atomic E-state index is 11.4. The normalized spacial score (nSPS) is 15.0. The number of benzene rings is 1. The van der Waals surface area contributed by atoms with E-state index in [2.05, 4.69) is 14.9 Å². The number of nitrogen functional groups attached to an aromatic ring is 1. The summed E-state index contributed by atoms with van der Waals surface area (Å²) in [6.07, 6.45) is 3.23. The van der Waals surface area contributed by atoms with E-state index >= 15 is 0 Å². The highest BCUT2D eigenvalue weighted by Crippen LogP contribution is 2.39. The molecule has 0 bridgehead atoms. The van der Waals surface area contributed by atoms with Gasteiger partial charge >= 0.3 is 0 Å². The Morgan fingerprint density at radius 3 is 2.64 bits per heavy atom. The molecule has 1 aliphatic heterocycles. The number of hydrogen-bond acceptors (Lipinski definition) is 10. The third-order valence-corrected chi connectivity index (χ3v) is 7.14. The standard InChI is InChI=1S/C21H21N7O3S2/c1-27(33(29)30)15-4-2-3-13(9-15)17-10-16-18(32-17)20(28-5-7-31-8-6-28)26-19(25-16)14-11-23-21(22)24-12-14/h2-4,9-12H,5-8H2,1H3,(H,29,30)(H2,22,23,24)/p-1. The van der Waals surface area contributed by atoms with E-state index in [1.165, 1.54) is 11.4 Å². The Balaban J connectivity index is 1.64. The van der Waals surface area contributed by atoms with Gasteiger partial charge in [0.05, 0.1) is 29.0 Å². The fourth-order valence-corrected chi connectivity index (χ4v) is 4.97. The van der Waals surface area contributed by atoms with Crippen molar-refractivity contribution in [3.63, 3.8) is 0 Å². The van der Waals surface area contributed by atoms with Gasteiger partial charge in [0.1, 0.15) is 0 Å². The van der Waals surface area contributed by atoms with Gasteiger partial charge in [-0.3, -0.25) is 4.21 Å². The van der Waals surface area contributed by atoms with E-state index in [1.54, 1.807) is 29.8 Å². The van der Waals surface area contributed by atoms with Gasteiger partial charge in [-0.2, -0.15) is 0 Å². The molecule has 0 aliphatic carbocycles. The van der Waals surface area contributed by atoms with Crippen LogP contribution in [0.4, 0.5) is 17.5 Å². The number of fused-ring (bicyclic) bond motifs is 1. The SMILES string of the molecule is CN(c1cccc(-c2cc3nc(-c4cnc(N)nc4)nc(N4CCOCC4)c3s2)c1)S(=O)[O-]. The van der Waals surface area contributed by atoms with Gasteiger partial charge in [0, 0.05) is 54.4 Å². The molecule has 1 aromatic carbocycles. The van der Waals surface area contributed by atoms with Crippen molar-refractivity contribution in [2.45, 2.75) is 0 Å². The lowest BCUT2D eigenvalue weighted by Crippen LogP contribution is -2.36. The van der Waals surface area contributed by atoms with Crippen molar-refractivity contribution in [3.05, 3.63) is 42.7 Å². The Kier molecular flexibility index (Phi) is 5.89. The van der Waals surface area contributed by atoms with Gasteiger partial charge in [-0.1, -0.05) is 12.1 Å². The first-order chi connectivity index (χ1) is 16.0. The van der Waals surface area contributed by atoms with Crippen LogP contribution in [0.5, 0.6) is 0 Å². The number of nitrogens with zero attached hydrogens (tertiary/aromatic N) is 6. The van der Waals surface area contributed by atoms with Crippen LogP contribution in [0.25, 0.3) is 32.0 Å². The number of rotatable bonds is 5. The molecule has 170 valence electrons. The van der Waals surface area contributed by atoms with Crippen molar-refractivity contribution < 1.29 is 13.5 Å². The van der Waals surface area contributed by atoms with E-state index in [-0.39, 0.29) is 5.95 Å². The van der Waals surface area contributed by atoms with Gasteiger partial charge in [-0.15, -0.1) is 11.3 Å². The van der Waals surface area contributed by atoms with Crippen LogP contribution in [0.3, 0.4) is 0 Å². The summed E-state index contributed by atoms with van der Waals surface area (Å²) in [4.78, 5) is 20.9. The van der Waals surface area contributed by atoms with Gasteiger partial charge < -0.3 is 24.2 Å². The quantitative estimate of drug-likeness (QED) is 0.426. The summed E-state index contributed by atoms with van der Waals surface area (Å²) in [5.41, 5.74) is 8.59. The van der Waals surface area contributed by atoms with Crippen molar-refractivity contribution in [2.24, 2.45) is 0 Å². The molecule has 5 rings (SSSR count). The second-order valence-electron chi connectivity index (χ2n) is 7.39. The molecule has 1 unspecified atom stereocenters. The minimum absolute atomic E-state index is 0.190. The zero-order valence-electron chi connectivity index (χ0n) is 17.7. The second-order valence-corrected chi connectivity index (χ2v) is 9.42. The first-order valence-electron chi connectivity index (χ1n) is 10.2. The average molecular weight is 483 g/mol. The predicted octanol–water partition coefficient (Wildman–Crippen LogP) is 2.46. The number of hydrogen-bond donors (Lipinski definition) is 1. The summed E-state index contributed by atoms with van der Waals surface area (Å²) in [6.45, 7) is 2.72. The summed E-state index contributed by atoms with van der Waals surface area (Å²) in [5.74, 6) is 1.54. The maximum absolute atomic E-state index is 11.4. The Morgan fingerprint density at radius 1 is 1.15 bits per heavy atom. The van der Waals surface area contributed by atoms with Crippen molar-refractivity contribution in [1.29, 1.82) is 0 Å². The first-order valence-corrected chi connectivity index (χ1v) is 12.0. The molecule has 12 heteroatoms. The van der Waals surface area contributed by atoms with E-state index in [1.807, 2.05) is 24.3 Å². The molecule has 2 N–H and O–H groups in total. The molecule has 33 heavy (non-hydrogen) atoms. The van der Waals surface area contributed by atoms with Crippen LogP contribution in [-0.4, -0.2) is 62.0 Å². The van der Waals surface area contributed by atoms with E-state index < -0.39 is 11.3 Å². The lowest BCUT2D eigenvalue weighted by Gasteiger charge is -2.28. The largest absolute Gasteiger partial charge is 0.755 e. The molecule has 1 atom stereocenters. The van der Waals surface area contributed by atoms with E-state index in [9.17, 15) is 8.76 Å². The summed E-state index contributed by atoms with van der Waals surface area (Å²) in [7, 11) is 1.51. The number of nitrogens with two attached hydrogens (primary N) is 1.